The van der Waals surface area contributed by atoms with Crippen LogP contribution in [0.15, 0.2) is 17.5 Å². The average molecular weight is 280 g/mol. The van der Waals surface area contributed by atoms with E-state index in [0.717, 1.165) is 6.54 Å². The molecule has 3 nitrogen and oxygen atoms in total. The maximum absolute atomic E-state index is 12.2. The van der Waals surface area contributed by atoms with Gasteiger partial charge in [-0.1, -0.05) is 25.3 Å². The van der Waals surface area contributed by atoms with Gasteiger partial charge in [0.05, 0.1) is 13.1 Å². The van der Waals surface area contributed by atoms with Crippen molar-refractivity contribution in [3.63, 3.8) is 0 Å². The van der Waals surface area contributed by atoms with Crippen LogP contribution in [0, 0.1) is 0 Å². The molecule has 0 bridgehead atoms. The third-order valence-corrected chi connectivity index (χ3v) is 4.84. The Morgan fingerprint density at radius 2 is 2.05 bits per heavy atom. The molecule has 0 radical (unpaired) electrons. The van der Waals surface area contributed by atoms with Gasteiger partial charge in [0.15, 0.2) is 0 Å². The number of amides is 1. The third kappa shape index (κ3) is 4.32. The largest absolute Gasteiger partial charge is 0.340 e. The van der Waals surface area contributed by atoms with Crippen LogP contribution in [0.2, 0.25) is 0 Å². The molecule has 1 aromatic rings. The van der Waals surface area contributed by atoms with E-state index in [1.807, 2.05) is 18.0 Å². The summed E-state index contributed by atoms with van der Waals surface area (Å²) in [5.74, 6) is 0.224. The summed E-state index contributed by atoms with van der Waals surface area (Å²) in [4.78, 5) is 17.5. The van der Waals surface area contributed by atoms with Crippen molar-refractivity contribution in [3.05, 3.63) is 22.4 Å². The van der Waals surface area contributed by atoms with E-state index in [9.17, 15) is 4.79 Å². The van der Waals surface area contributed by atoms with Crippen LogP contribution in [-0.4, -0.2) is 42.4 Å². The SMILES string of the molecule is CN(Cc1cccs1)C(=O)CN(C)C1CCCCC1. The minimum Gasteiger partial charge on any atom is -0.340 e. The molecule has 0 spiro atoms. The van der Waals surface area contributed by atoms with E-state index < -0.39 is 0 Å². The van der Waals surface area contributed by atoms with Crippen LogP contribution < -0.4 is 0 Å². The number of hydrogen-bond donors (Lipinski definition) is 0. The first-order valence-corrected chi connectivity index (χ1v) is 8.01. The van der Waals surface area contributed by atoms with Crippen LogP contribution in [0.25, 0.3) is 0 Å². The average Bonchev–Trinajstić information content (AvgIpc) is 2.92. The smallest absolute Gasteiger partial charge is 0.236 e. The Hall–Kier alpha value is -0.870. The van der Waals surface area contributed by atoms with Crippen molar-refractivity contribution in [1.29, 1.82) is 0 Å². The molecule has 106 valence electrons. The number of carbonyl (C=O) groups excluding carboxylic acids is 1. The number of rotatable bonds is 5. The van der Waals surface area contributed by atoms with Gasteiger partial charge in [-0.05, 0) is 31.3 Å². The topological polar surface area (TPSA) is 23.6 Å². The molecule has 4 heteroatoms. The monoisotopic (exact) mass is 280 g/mol. The molecule has 0 aromatic carbocycles. The van der Waals surface area contributed by atoms with Gasteiger partial charge in [-0.25, -0.2) is 0 Å². The number of thiophene rings is 1. The minimum absolute atomic E-state index is 0.224. The zero-order valence-corrected chi connectivity index (χ0v) is 12.8. The van der Waals surface area contributed by atoms with E-state index in [-0.39, 0.29) is 5.91 Å². The maximum Gasteiger partial charge on any atom is 0.236 e. The Balaban J connectivity index is 1.79. The fourth-order valence-corrected chi connectivity index (χ4v) is 3.47. The molecule has 2 rings (SSSR count). The molecule has 1 aliphatic carbocycles. The molecule has 0 saturated heterocycles. The summed E-state index contributed by atoms with van der Waals surface area (Å²) in [7, 11) is 3.99. The van der Waals surface area contributed by atoms with Crippen molar-refractivity contribution in [3.8, 4) is 0 Å². The van der Waals surface area contributed by atoms with Crippen molar-refractivity contribution >= 4 is 17.2 Å². The lowest BCUT2D eigenvalue weighted by atomic mass is 9.94. The summed E-state index contributed by atoms with van der Waals surface area (Å²) >= 11 is 1.71. The van der Waals surface area contributed by atoms with Crippen molar-refractivity contribution in [1.82, 2.24) is 9.80 Å². The van der Waals surface area contributed by atoms with Crippen molar-refractivity contribution in [2.24, 2.45) is 0 Å². The lowest BCUT2D eigenvalue weighted by Gasteiger charge is -2.31. The molecule has 19 heavy (non-hydrogen) atoms. The second-order valence-corrected chi connectivity index (χ2v) is 6.57. The molecule has 0 aliphatic heterocycles. The summed E-state index contributed by atoms with van der Waals surface area (Å²) < 4.78 is 0. The van der Waals surface area contributed by atoms with Gasteiger partial charge in [-0.2, -0.15) is 0 Å². The highest BCUT2D eigenvalue weighted by Crippen LogP contribution is 2.21. The lowest BCUT2D eigenvalue weighted by Crippen LogP contribution is -2.41. The van der Waals surface area contributed by atoms with Crippen LogP contribution >= 0.6 is 11.3 Å². The van der Waals surface area contributed by atoms with Gasteiger partial charge in [0.1, 0.15) is 0 Å². The fraction of sp³-hybridized carbons (Fsp3) is 0.667. The van der Waals surface area contributed by atoms with Crippen molar-refractivity contribution in [2.45, 2.75) is 44.7 Å². The number of nitrogens with zero attached hydrogens (tertiary/aromatic N) is 2. The van der Waals surface area contributed by atoms with Gasteiger partial charge in [-0.15, -0.1) is 11.3 Å². The van der Waals surface area contributed by atoms with Crippen LogP contribution in [-0.2, 0) is 11.3 Å². The summed E-state index contributed by atoms with van der Waals surface area (Å²) in [6, 6.07) is 4.72. The summed E-state index contributed by atoms with van der Waals surface area (Å²) in [6.45, 7) is 1.28. The maximum atomic E-state index is 12.2. The Morgan fingerprint density at radius 1 is 1.32 bits per heavy atom. The third-order valence-electron chi connectivity index (χ3n) is 3.98. The normalized spacial score (nSPS) is 16.8. The number of carbonyl (C=O) groups is 1. The van der Waals surface area contributed by atoms with Gasteiger partial charge in [0, 0.05) is 18.0 Å². The molecule has 1 aliphatic rings. The minimum atomic E-state index is 0.224. The number of likely N-dealkylation sites (N-methyl/N-ethyl adjacent to an activating group) is 2. The molecule has 1 amide bonds. The Labute approximate surface area is 120 Å². The second kappa shape index (κ2) is 7.06. The quantitative estimate of drug-likeness (QED) is 0.828. The van der Waals surface area contributed by atoms with Gasteiger partial charge in [0.25, 0.3) is 0 Å². The van der Waals surface area contributed by atoms with E-state index in [1.54, 1.807) is 11.3 Å². The Morgan fingerprint density at radius 3 is 2.68 bits per heavy atom. The Kier molecular flexibility index (Phi) is 5.40. The van der Waals surface area contributed by atoms with Crippen LogP contribution in [0.3, 0.4) is 0 Å². The number of hydrogen-bond acceptors (Lipinski definition) is 3. The summed E-state index contributed by atoms with van der Waals surface area (Å²) in [5, 5.41) is 2.06. The highest BCUT2D eigenvalue weighted by Gasteiger charge is 2.21. The second-order valence-electron chi connectivity index (χ2n) is 5.54. The molecule has 1 heterocycles. The first-order valence-electron chi connectivity index (χ1n) is 7.13. The predicted octanol–water partition coefficient (Wildman–Crippen LogP) is 2.97. The molecular weight excluding hydrogens is 256 g/mol. The summed E-state index contributed by atoms with van der Waals surface area (Å²) in [5.41, 5.74) is 0. The van der Waals surface area contributed by atoms with E-state index in [4.69, 9.17) is 0 Å². The lowest BCUT2D eigenvalue weighted by molar-refractivity contribution is -0.131. The summed E-state index contributed by atoms with van der Waals surface area (Å²) in [6.07, 6.45) is 6.48. The van der Waals surface area contributed by atoms with Crippen molar-refractivity contribution < 1.29 is 4.79 Å². The Bertz CT molecular complexity index is 385. The van der Waals surface area contributed by atoms with Gasteiger partial charge in [0.2, 0.25) is 5.91 Å². The first kappa shape index (κ1) is 14.5. The standard InChI is InChI=1S/C15H24N2OS/c1-16(13-7-4-3-5-8-13)12-15(18)17(2)11-14-9-6-10-19-14/h6,9-10,13H,3-5,7-8,11-12H2,1-2H3. The van der Waals surface area contributed by atoms with E-state index in [1.165, 1.54) is 37.0 Å². The highest BCUT2D eigenvalue weighted by atomic mass is 32.1. The molecular formula is C15H24N2OS. The highest BCUT2D eigenvalue weighted by molar-refractivity contribution is 7.09. The van der Waals surface area contributed by atoms with Crippen LogP contribution in [0.1, 0.15) is 37.0 Å². The van der Waals surface area contributed by atoms with Crippen molar-refractivity contribution in [2.75, 3.05) is 20.6 Å². The molecule has 0 N–H and O–H groups in total. The molecule has 1 fully saturated rings. The van der Waals surface area contributed by atoms with E-state index >= 15 is 0 Å². The molecule has 1 saturated carbocycles. The van der Waals surface area contributed by atoms with Crippen LogP contribution in [0.5, 0.6) is 0 Å². The zero-order chi connectivity index (χ0) is 13.7. The van der Waals surface area contributed by atoms with Gasteiger partial charge >= 0.3 is 0 Å². The molecule has 0 atom stereocenters. The van der Waals surface area contributed by atoms with Gasteiger partial charge < -0.3 is 4.90 Å². The molecule has 0 unspecified atom stereocenters. The first-order chi connectivity index (χ1) is 9.16. The van der Waals surface area contributed by atoms with Gasteiger partial charge in [-0.3, -0.25) is 9.69 Å². The zero-order valence-electron chi connectivity index (χ0n) is 12.0. The van der Waals surface area contributed by atoms with E-state index in [2.05, 4.69) is 23.4 Å². The molecule has 1 aromatic heterocycles. The van der Waals surface area contributed by atoms with Crippen LogP contribution in [0.4, 0.5) is 0 Å². The van der Waals surface area contributed by atoms with E-state index in [0.29, 0.717) is 12.6 Å². The fourth-order valence-electron chi connectivity index (χ4n) is 2.71. The predicted molar refractivity (Wildman–Crippen MR) is 80.3 cm³/mol.